The van der Waals surface area contributed by atoms with E-state index in [-0.39, 0.29) is 6.17 Å². The highest BCUT2D eigenvalue weighted by Gasteiger charge is 2.45. The summed E-state index contributed by atoms with van der Waals surface area (Å²) in [7, 11) is 0. The molecule has 0 amide bonds. The maximum absolute atomic E-state index is 4.77. The van der Waals surface area contributed by atoms with Crippen LogP contribution < -0.4 is 0 Å². The van der Waals surface area contributed by atoms with Crippen LogP contribution in [-0.2, 0) is 5.41 Å². The third-order valence-corrected chi connectivity index (χ3v) is 4.70. The fourth-order valence-electron chi connectivity index (χ4n) is 3.60. The molecule has 122 valence electrons. The maximum Gasteiger partial charge on any atom is 0.180 e. The first-order chi connectivity index (χ1) is 12.3. The molecule has 3 aromatic rings. The Labute approximate surface area is 147 Å². The second kappa shape index (κ2) is 6.44. The van der Waals surface area contributed by atoms with E-state index < -0.39 is 5.41 Å². The molecule has 0 saturated heterocycles. The lowest BCUT2D eigenvalue weighted by molar-refractivity contribution is 0.490. The highest BCUT2D eigenvalue weighted by molar-refractivity contribution is 5.81. The summed E-state index contributed by atoms with van der Waals surface area (Å²) in [5.41, 5.74) is 2.98. The van der Waals surface area contributed by atoms with Crippen molar-refractivity contribution >= 4 is 5.84 Å². The summed E-state index contributed by atoms with van der Waals surface area (Å²) in [6.07, 6.45) is -0.320. The minimum Gasteiger partial charge on any atom is -0.238 e. The van der Waals surface area contributed by atoms with Crippen LogP contribution in [0.3, 0.4) is 0 Å². The average Bonchev–Trinajstić information content (AvgIpc) is 3.12. The molecular formula is C22H19N3. The van der Waals surface area contributed by atoms with Crippen LogP contribution in [0.1, 0.15) is 23.6 Å². The Morgan fingerprint density at radius 1 is 0.640 bits per heavy atom. The van der Waals surface area contributed by atoms with Crippen molar-refractivity contribution < 1.29 is 0 Å². The molecule has 0 N–H and O–H groups in total. The Hall–Kier alpha value is -3.07. The van der Waals surface area contributed by atoms with E-state index in [2.05, 4.69) is 83.0 Å². The summed E-state index contributed by atoms with van der Waals surface area (Å²) in [5.74, 6) is 0.720. The quantitative estimate of drug-likeness (QED) is 0.589. The van der Waals surface area contributed by atoms with E-state index in [9.17, 15) is 0 Å². The van der Waals surface area contributed by atoms with Gasteiger partial charge in [0.1, 0.15) is 5.84 Å². The van der Waals surface area contributed by atoms with E-state index in [1.165, 1.54) is 0 Å². The highest BCUT2D eigenvalue weighted by Crippen LogP contribution is 2.45. The van der Waals surface area contributed by atoms with Crippen molar-refractivity contribution in [3.05, 3.63) is 108 Å². The molecule has 1 aliphatic heterocycles. The lowest BCUT2D eigenvalue weighted by atomic mass is 9.67. The van der Waals surface area contributed by atoms with Gasteiger partial charge in [-0.05, 0) is 23.6 Å². The molecule has 1 atom stereocenters. The lowest BCUT2D eigenvalue weighted by Crippen LogP contribution is -2.39. The third kappa shape index (κ3) is 2.58. The Morgan fingerprint density at radius 2 is 1.04 bits per heavy atom. The molecule has 25 heavy (non-hydrogen) atoms. The van der Waals surface area contributed by atoms with Crippen LogP contribution in [0.15, 0.2) is 106 Å². The normalized spacial score (nSPS) is 16.7. The molecule has 0 aromatic heterocycles. The Kier molecular flexibility index (Phi) is 3.98. The SMILES string of the molecule is CC1=NC(C(c2ccccc2)(c2ccccc2)c2ccccc2)N=N1. The van der Waals surface area contributed by atoms with Crippen molar-refractivity contribution in [2.24, 2.45) is 15.2 Å². The third-order valence-electron chi connectivity index (χ3n) is 4.70. The van der Waals surface area contributed by atoms with Crippen LogP contribution in [0.4, 0.5) is 0 Å². The van der Waals surface area contributed by atoms with Gasteiger partial charge in [-0.25, -0.2) is 4.99 Å². The van der Waals surface area contributed by atoms with E-state index in [1.54, 1.807) is 0 Å². The van der Waals surface area contributed by atoms with Crippen LogP contribution in [0, 0.1) is 0 Å². The molecule has 1 heterocycles. The molecule has 3 nitrogen and oxygen atoms in total. The van der Waals surface area contributed by atoms with Gasteiger partial charge in [0.25, 0.3) is 0 Å². The molecule has 0 radical (unpaired) electrons. The summed E-state index contributed by atoms with van der Waals surface area (Å²) in [4.78, 5) is 4.77. The molecule has 0 spiro atoms. The van der Waals surface area contributed by atoms with Crippen LogP contribution in [-0.4, -0.2) is 12.0 Å². The molecule has 0 bridgehead atoms. The van der Waals surface area contributed by atoms with Gasteiger partial charge in [-0.2, -0.15) is 5.11 Å². The minimum atomic E-state index is -0.509. The summed E-state index contributed by atoms with van der Waals surface area (Å²) in [6.45, 7) is 1.90. The van der Waals surface area contributed by atoms with Crippen LogP contribution in [0.2, 0.25) is 0 Å². The first kappa shape index (κ1) is 15.5. The number of aliphatic imine (C=N–C) groups is 1. The highest BCUT2D eigenvalue weighted by atomic mass is 15.3. The molecule has 0 fully saturated rings. The van der Waals surface area contributed by atoms with Crippen LogP contribution in [0.25, 0.3) is 0 Å². The Morgan fingerprint density at radius 3 is 1.36 bits per heavy atom. The monoisotopic (exact) mass is 325 g/mol. The number of hydrogen-bond acceptors (Lipinski definition) is 3. The number of benzene rings is 3. The van der Waals surface area contributed by atoms with Crippen molar-refractivity contribution in [2.75, 3.05) is 0 Å². The van der Waals surface area contributed by atoms with Crippen molar-refractivity contribution in [1.82, 2.24) is 0 Å². The second-order valence-electron chi connectivity index (χ2n) is 6.17. The van der Waals surface area contributed by atoms with E-state index in [1.807, 2.05) is 25.1 Å². The van der Waals surface area contributed by atoms with E-state index in [0.29, 0.717) is 0 Å². The summed E-state index contributed by atoms with van der Waals surface area (Å²) >= 11 is 0. The van der Waals surface area contributed by atoms with Crippen molar-refractivity contribution in [3.8, 4) is 0 Å². The number of rotatable bonds is 4. The van der Waals surface area contributed by atoms with Gasteiger partial charge in [0.05, 0.1) is 5.41 Å². The lowest BCUT2D eigenvalue weighted by Gasteiger charge is -2.37. The number of amidine groups is 1. The van der Waals surface area contributed by atoms with E-state index >= 15 is 0 Å². The van der Waals surface area contributed by atoms with Crippen LogP contribution >= 0.6 is 0 Å². The van der Waals surface area contributed by atoms with Gasteiger partial charge in [-0.1, -0.05) is 91.0 Å². The predicted molar refractivity (Wildman–Crippen MR) is 101 cm³/mol. The zero-order valence-electron chi connectivity index (χ0n) is 14.1. The van der Waals surface area contributed by atoms with Gasteiger partial charge in [-0.15, -0.1) is 5.11 Å². The van der Waals surface area contributed by atoms with Gasteiger partial charge < -0.3 is 0 Å². The maximum atomic E-state index is 4.77. The number of nitrogens with zero attached hydrogens (tertiary/aromatic N) is 3. The van der Waals surface area contributed by atoms with Gasteiger partial charge in [0, 0.05) is 0 Å². The van der Waals surface area contributed by atoms with E-state index in [4.69, 9.17) is 4.99 Å². The summed E-state index contributed by atoms with van der Waals surface area (Å²) in [6, 6.07) is 31.4. The zero-order valence-corrected chi connectivity index (χ0v) is 14.1. The van der Waals surface area contributed by atoms with Gasteiger partial charge in [0.15, 0.2) is 6.17 Å². The predicted octanol–water partition coefficient (Wildman–Crippen LogP) is 5.23. The molecule has 0 aliphatic carbocycles. The summed E-state index contributed by atoms with van der Waals surface area (Å²) < 4.78 is 0. The molecular weight excluding hydrogens is 306 g/mol. The van der Waals surface area contributed by atoms with Gasteiger partial charge in [-0.3, -0.25) is 0 Å². The fourth-order valence-corrected chi connectivity index (χ4v) is 3.60. The molecule has 0 saturated carbocycles. The minimum absolute atomic E-state index is 0.320. The molecule has 4 rings (SSSR count). The first-order valence-electron chi connectivity index (χ1n) is 8.43. The topological polar surface area (TPSA) is 37.1 Å². The standard InChI is InChI=1S/C22H19N3/c1-17-23-21(25-24-17)22(18-11-5-2-6-12-18,19-13-7-3-8-14-19)20-15-9-4-10-16-20/h2-16,21H,1H3. The molecule has 1 unspecified atom stereocenters. The van der Waals surface area contributed by atoms with Crippen molar-refractivity contribution in [1.29, 1.82) is 0 Å². The molecule has 3 aromatic carbocycles. The molecule has 1 aliphatic rings. The summed E-state index contributed by atoms with van der Waals surface area (Å²) in [5, 5.41) is 8.77. The average molecular weight is 325 g/mol. The molecule has 3 heteroatoms. The van der Waals surface area contributed by atoms with E-state index in [0.717, 1.165) is 22.5 Å². The number of azo groups is 1. The Balaban J connectivity index is 2.07. The van der Waals surface area contributed by atoms with Crippen LogP contribution in [0.5, 0.6) is 0 Å². The smallest absolute Gasteiger partial charge is 0.180 e. The van der Waals surface area contributed by atoms with Gasteiger partial charge >= 0.3 is 0 Å². The van der Waals surface area contributed by atoms with Gasteiger partial charge in [0.2, 0.25) is 0 Å². The van der Waals surface area contributed by atoms with Crippen molar-refractivity contribution in [2.45, 2.75) is 18.5 Å². The Bertz CT molecular complexity index is 803. The largest absolute Gasteiger partial charge is 0.238 e. The number of hydrogen-bond donors (Lipinski definition) is 0. The first-order valence-corrected chi connectivity index (χ1v) is 8.43. The van der Waals surface area contributed by atoms with Crippen molar-refractivity contribution in [3.63, 3.8) is 0 Å². The fraction of sp³-hybridized carbons (Fsp3) is 0.136. The second-order valence-corrected chi connectivity index (χ2v) is 6.17. The zero-order chi connectivity index (χ0) is 17.1.